The Morgan fingerprint density at radius 2 is 1.89 bits per heavy atom. The summed E-state index contributed by atoms with van der Waals surface area (Å²) in [6.07, 6.45) is 4.27. The molecule has 1 saturated carbocycles. The zero-order valence-electron chi connectivity index (χ0n) is 11.4. The molecular formula is C14H20N2O2S. The molecule has 0 bridgehead atoms. The number of amides is 2. The maximum atomic E-state index is 12.3. The summed E-state index contributed by atoms with van der Waals surface area (Å²) in [5.74, 6) is -0.590. The van der Waals surface area contributed by atoms with Gasteiger partial charge in [-0.25, -0.2) is 0 Å². The highest BCUT2D eigenvalue weighted by atomic mass is 32.1. The third-order valence-corrected chi connectivity index (χ3v) is 5.07. The number of carbonyl (C=O) groups is 2. The van der Waals surface area contributed by atoms with E-state index in [0.717, 1.165) is 29.7 Å². The van der Waals surface area contributed by atoms with Gasteiger partial charge in [-0.15, -0.1) is 11.3 Å². The molecule has 1 heterocycles. The quantitative estimate of drug-likeness (QED) is 0.891. The minimum absolute atomic E-state index is 0.179. The molecule has 2 amide bonds. The molecule has 104 valence electrons. The second kappa shape index (κ2) is 5.33. The van der Waals surface area contributed by atoms with Crippen molar-refractivity contribution in [2.24, 2.45) is 5.73 Å². The monoisotopic (exact) mass is 280 g/mol. The van der Waals surface area contributed by atoms with Crippen LogP contribution in [-0.4, -0.2) is 17.4 Å². The van der Waals surface area contributed by atoms with Gasteiger partial charge in [-0.2, -0.15) is 0 Å². The molecular weight excluding hydrogens is 260 g/mol. The van der Waals surface area contributed by atoms with Crippen LogP contribution in [0.1, 0.15) is 52.2 Å². The second-order valence-corrected chi connectivity index (χ2v) is 6.57. The van der Waals surface area contributed by atoms with Crippen LogP contribution in [0.3, 0.4) is 0 Å². The molecule has 4 nitrogen and oxygen atoms in total. The van der Waals surface area contributed by atoms with Gasteiger partial charge in [0.05, 0.1) is 4.88 Å². The van der Waals surface area contributed by atoms with Gasteiger partial charge in [0.1, 0.15) is 5.54 Å². The molecule has 1 fully saturated rings. The zero-order chi connectivity index (χ0) is 14.0. The van der Waals surface area contributed by atoms with E-state index in [4.69, 9.17) is 5.73 Å². The Morgan fingerprint density at radius 1 is 1.26 bits per heavy atom. The van der Waals surface area contributed by atoms with Crippen molar-refractivity contribution in [3.8, 4) is 0 Å². The highest BCUT2D eigenvalue weighted by Crippen LogP contribution is 2.29. The standard InChI is InChI=1S/C14H20N2O2S/c1-9-8-11(19-10(9)2)12(17)16-14(13(15)18)6-4-3-5-7-14/h8H,3-7H2,1-2H3,(H2,15,18)(H,16,17). The normalized spacial score (nSPS) is 18.0. The lowest BCUT2D eigenvalue weighted by Crippen LogP contribution is -2.58. The summed E-state index contributed by atoms with van der Waals surface area (Å²) in [6, 6.07) is 1.87. The van der Waals surface area contributed by atoms with Gasteiger partial charge in [0.15, 0.2) is 0 Å². The summed E-state index contributed by atoms with van der Waals surface area (Å²) in [6.45, 7) is 3.97. The number of aryl methyl sites for hydroxylation is 2. The van der Waals surface area contributed by atoms with Gasteiger partial charge in [-0.1, -0.05) is 19.3 Å². The molecule has 2 rings (SSSR count). The fourth-order valence-corrected chi connectivity index (χ4v) is 3.48. The molecule has 0 radical (unpaired) electrons. The Balaban J connectivity index is 2.17. The van der Waals surface area contributed by atoms with Crippen molar-refractivity contribution in [2.75, 3.05) is 0 Å². The van der Waals surface area contributed by atoms with Crippen LogP contribution in [0.5, 0.6) is 0 Å². The van der Waals surface area contributed by atoms with Crippen molar-refractivity contribution < 1.29 is 9.59 Å². The van der Waals surface area contributed by atoms with Crippen molar-refractivity contribution in [3.05, 3.63) is 21.4 Å². The highest BCUT2D eigenvalue weighted by molar-refractivity contribution is 7.14. The molecule has 19 heavy (non-hydrogen) atoms. The van der Waals surface area contributed by atoms with E-state index in [1.54, 1.807) is 0 Å². The Labute approximate surface area is 117 Å². The maximum absolute atomic E-state index is 12.3. The third-order valence-electron chi connectivity index (χ3n) is 3.92. The van der Waals surface area contributed by atoms with E-state index in [-0.39, 0.29) is 5.91 Å². The van der Waals surface area contributed by atoms with Gasteiger partial charge in [0.2, 0.25) is 5.91 Å². The summed E-state index contributed by atoms with van der Waals surface area (Å²) in [5.41, 5.74) is 5.77. The van der Waals surface area contributed by atoms with E-state index in [2.05, 4.69) is 5.32 Å². The topological polar surface area (TPSA) is 72.2 Å². The first-order chi connectivity index (χ1) is 8.94. The van der Waals surface area contributed by atoms with Crippen LogP contribution in [-0.2, 0) is 4.79 Å². The van der Waals surface area contributed by atoms with Crippen molar-refractivity contribution >= 4 is 23.2 Å². The number of rotatable bonds is 3. The lowest BCUT2D eigenvalue weighted by atomic mass is 9.81. The average molecular weight is 280 g/mol. The number of primary amides is 1. The lowest BCUT2D eigenvalue weighted by Gasteiger charge is -2.34. The number of thiophene rings is 1. The van der Waals surface area contributed by atoms with E-state index < -0.39 is 11.4 Å². The van der Waals surface area contributed by atoms with Crippen molar-refractivity contribution in [2.45, 2.75) is 51.5 Å². The number of hydrogen-bond acceptors (Lipinski definition) is 3. The van der Waals surface area contributed by atoms with Crippen LogP contribution in [0.25, 0.3) is 0 Å². The van der Waals surface area contributed by atoms with E-state index in [9.17, 15) is 9.59 Å². The van der Waals surface area contributed by atoms with Crippen LogP contribution >= 0.6 is 11.3 Å². The van der Waals surface area contributed by atoms with Gasteiger partial charge < -0.3 is 11.1 Å². The summed E-state index contributed by atoms with van der Waals surface area (Å²) in [7, 11) is 0. The zero-order valence-corrected chi connectivity index (χ0v) is 12.2. The Morgan fingerprint density at radius 3 is 2.37 bits per heavy atom. The average Bonchev–Trinajstić information content (AvgIpc) is 2.71. The summed E-state index contributed by atoms with van der Waals surface area (Å²) >= 11 is 1.46. The Hall–Kier alpha value is -1.36. The summed E-state index contributed by atoms with van der Waals surface area (Å²) in [5, 5.41) is 2.89. The Kier molecular flexibility index (Phi) is 3.94. The summed E-state index contributed by atoms with van der Waals surface area (Å²) in [4.78, 5) is 25.8. The van der Waals surface area contributed by atoms with Crippen LogP contribution < -0.4 is 11.1 Å². The van der Waals surface area contributed by atoms with Gasteiger partial charge in [-0.05, 0) is 38.3 Å². The molecule has 0 unspecified atom stereocenters. The fraction of sp³-hybridized carbons (Fsp3) is 0.571. The molecule has 0 aromatic carbocycles. The lowest BCUT2D eigenvalue weighted by molar-refractivity contribution is -0.125. The first kappa shape index (κ1) is 14.1. The molecule has 3 N–H and O–H groups in total. The number of hydrogen-bond donors (Lipinski definition) is 2. The number of nitrogens with one attached hydrogen (secondary N) is 1. The number of nitrogens with two attached hydrogens (primary N) is 1. The summed E-state index contributed by atoms with van der Waals surface area (Å²) < 4.78 is 0. The van der Waals surface area contributed by atoms with Gasteiger partial charge in [-0.3, -0.25) is 9.59 Å². The third kappa shape index (κ3) is 2.81. The van der Waals surface area contributed by atoms with E-state index >= 15 is 0 Å². The molecule has 0 saturated heterocycles. The minimum Gasteiger partial charge on any atom is -0.368 e. The second-order valence-electron chi connectivity index (χ2n) is 5.31. The van der Waals surface area contributed by atoms with E-state index in [1.807, 2.05) is 19.9 Å². The smallest absolute Gasteiger partial charge is 0.262 e. The van der Waals surface area contributed by atoms with Crippen LogP contribution in [0.4, 0.5) is 0 Å². The molecule has 0 spiro atoms. The van der Waals surface area contributed by atoms with E-state index in [1.165, 1.54) is 11.3 Å². The van der Waals surface area contributed by atoms with Crippen molar-refractivity contribution in [1.29, 1.82) is 0 Å². The predicted molar refractivity (Wildman–Crippen MR) is 76.3 cm³/mol. The molecule has 1 aliphatic carbocycles. The first-order valence-electron chi connectivity index (χ1n) is 6.64. The first-order valence-corrected chi connectivity index (χ1v) is 7.46. The van der Waals surface area contributed by atoms with Crippen LogP contribution in [0.15, 0.2) is 6.07 Å². The van der Waals surface area contributed by atoms with Gasteiger partial charge in [0.25, 0.3) is 5.91 Å². The van der Waals surface area contributed by atoms with E-state index in [0.29, 0.717) is 17.7 Å². The molecule has 0 aliphatic heterocycles. The Bertz CT molecular complexity index is 482. The predicted octanol–water partition coefficient (Wildman–Crippen LogP) is 2.28. The van der Waals surface area contributed by atoms with Gasteiger partial charge in [0, 0.05) is 4.88 Å². The minimum atomic E-state index is -0.846. The van der Waals surface area contributed by atoms with Gasteiger partial charge >= 0.3 is 0 Å². The molecule has 0 atom stereocenters. The fourth-order valence-electron chi connectivity index (χ4n) is 2.55. The van der Waals surface area contributed by atoms with Crippen molar-refractivity contribution in [1.82, 2.24) is 5.32 Å². The molecule has 1 aromatic heterocycles. The van der Waals surface area contributed by atoms with Crippen LogP contribution in [0, 0.1) is 13.8 Å². The molecule has 1 aromatic rings. The van der Waals surface area contributed by atoms with Crippen LogP contribution in [0.2, 0.25) is 0 Å². The number of carbonyl (C=O) groups excluding carboxylic acids is 2. The maximum Gasteiger partial charge on any atom is 0.262 e. The molecule has 5 heteroatoms. The SMILES string of the molecule is Cc1cc(C(=O)NC2(C(N)=O)CCCCC2)sc1C. The highest BCUT2D eigenvalue weighted by Gasteiger charge is 2.39. The molecule has 1 aliphatic rings. The van der Waals surface area contributed by atoms with Crippen molar-refractivity contribution in [3.63, 3.8) is 0 Å². The largest absolute Gasteiger partial charge is 0.368 e.